The van der Waals surface area contributed by atoms with Crippen LogP contribution in [0.4, 0.5) is 0 Å². The highest BCUT2D eigenvalue weighted by molar-refractivity contribution is 7.17. The molecule has 3 atom stereocenters. The Kier molecular flexibility index (Phi) is 4.39. The molecular weight excluding hydrogens is 266 g/mol. The van der Waals surface area contributed by atoms with E-state index in [2.05, 4.69) is 48.8 Å². The van der Waals surface area contributed by atoms with Crippen LogP contribution in [-0.2, 0) is 4.74 Å². The van der Waals surface area contributed by atoms with Gasteiger partial charge in [-0.3, -0.25) is 0 Å². The summed E-state index contributed by atoms with van der Waals surface area (Å²) < 4.78 is 7.24. The fourth-order valence-corrected chi connectivity index (χ4v) is 4.19. The third-order valence-corrected chi connectivity index (χ3v) is 5.30. The second-order valence-corrected chi connectivity index (χ2v) is 6.56. The van der Waals surface area contributed by atoms with Crippen molar-refractivity contribution >= 4 is 21.4 Å². The van der Waals surface area contributed by atoms with Gasteiger partial charge in [-0.05, 0) is 48.7 Å². The van der Waals surface area contributed by atoms with Crippen molar-refractivity contribution in [1.82, 2.24) is 5.32 Å². The molecule has 0 amide bonds. The molecule has 0 saturated carbocycles. The SMILES string of the molecule is CCCNC(c1cccc2ccsc12)C1CCOC1C. The van der Waals surface area contributed by atoms with Crippen molar-refractivity contribution in [3.05, 3.63) is 35.2 Å². The van der Waals surface area contributed by atoms with E-state index in [1.165, 1.54) is 22.1 Å². The van der Waals surface area contributed by atoms with Crippen LogP contribution in [0.25, 0.3) is 10.1 Å². The normalized spacial score (nSPS) is 24.3. The van der Waals surface area contributed by atoms with Crippen LogP contribution in [-0.4, -0.2) is 19.3 Å². The van der Waals surface area contributed by atoms with Crippen LogP contribution in [0.2, 0.25) is 0 Å². The predicted octanol–water partition coefficient (Wildman–Crippen LogP) is 4.37. The molecule has 2 aromatic rings. The lowest BCUT2D eigenvalue weighted by atomic mass is 9.87. The molecule has 20 heavy (non-hydrogen) atoms. The van der Waals surface area contributed by atoms with Crippen molar-refractivity contribution in [3.8, 4) is 0 Å². The first-order chi connectivity index (χ1) is 9.81. The molecule has 1 aliphatic rings. The van der Waals surface area contributed by atoms with E-state index in [0.717, 1.165) is 19.6 Å². The highest BCUT2D eigenvalue weighted by atomic mass is 32.1. The van der Waals surface area contributed by atoms with Gasteiger partial charge >= 0.3 is 0 Å². The number of ether oxygens (including phenoxy) is 1. The maximum absolute atomic E-state index is 5.80. The summed E-state index contributed by atoms with van der Waals surface area (Å²) in [5.74, 6) is 0.578. The second-order valence-electron chi connectivity index (χ2n) is 5.65. The van der Waals surface area contributed by atoms with Crippen molar-refractivity contribution in [2.75, 3.05) is 13.2 Å². The molecule has 3 rings (SSSR count). The van der Waals surface area contributed by atoms with Gasteiger partial charge in [-0.2, -0.15) is 0 Å². The topological polar surface area (TPSA) is 21.3 Å². The van der Waals surface area contributed by atoms with E-state index in [-0.39, 0.29) is 0 Å². The molecule has 1 saturated heterocycles. The summed E-state index contributed by atoms with van der Waals surface area (Å²) in [7, 11) is 0. The van der Waals surface area contributed by atoms with E-state index in [1.54, 1.807) is 0 Å². The number of hydrogen-bond donors (Lipinski definition) is 1. The summed E-state index contributed by atoms with van der Waals surface area (Å²) in [6, 6.07) is 9.31. The van der Waals surface area contributed by atoms with Gasteiger partial charge in [-0.15, -0.1) is 11.3 Å². The van der Waals surface area contributed by atoms with Crippen LogP contribution in [0.15, 0.2) is 29.6 Å². The first kappa shape index (κ1) is 14.1. The van der Waals surface area contributed by atoms with E-state index >= 15 is 0 Å². The smallest absolute Gasteiger partial charge is 0.0594 e. The quantitative estimate of drug-likeness (QED) is 0.882. The summed E-state index contributed by atoms with van der Waals surface area (Å²) in [5, 5.41) is 7.32. The Morgan fingerprint density at radius 3 is 3.05 bits per heavy atom. The Morgan fingerprint density at radius 1 is 1.40 bits per heavy atom. The lowest BCUT2D eigenvalue weighted by Crippen LogP contribution is -2.32. The molecule has 3 unspecified atom stereocenters. The molecule has 108 valence electrons. The number of fused-ring (bicyclic) bond motifs is 1. The Hall–Kier alpha value is -0.900. The van der Waals surface area contributed by atoms with Crippen LogP contribution in [0.3, 0.4) is 0 Å². The van der Waals surface area contributed by atoms with Crippen LogP contribution >= 0.6 is 11.3 Å². The first-order valence-electron chi connectivity index (χ1n) is 7.62. The first-order valence-corrected chi connectivity index (χ1v) is 8.50. The zero-order valence-corrected chi connectivity index (χ0v) is 13.1. The molecule has 2 heterocycles. The summed E-state index contributed by atoms with van der Waals surface area (Å²) >= 11 is 1.85. The van der Waals surface area contributed by atoms with Gasteiger partial charge in [0.1, 0.15) is 0 Å². The van der Waals surface area contributed by atoms with Crippen molar-refractivity contribution in [1.29, 1.82) is 0 Å². The van der Waals surface area contributed by atoms with E-state index in [0.29, 0.717) is 18.1 Å². The summed E-state index contributed by atoms with van der Waals surface area (Å²) in [5.41, 5.74) is 1.45. The Labute approximate surface area is 125 Å². The molecule has 0 radical (unpaired) electrons. The monoisotopic (exact) mass is 289 g/mol. The third kappa shape index (κ3) is 2.62. The number of thiophene rings is 1. The standard InChI is InChI=1S/C17H23NOS/c1-3-9-18-16(14-7-10-19-12(14)2)15-6-4-5-13-8-11-20-17(13)15/h4-6,8,11-12,14,16,18H,3,7,9-10H2,1-2H3. The lowest BCUT2D eigenvalue weighted by molar-refractivity contribution is 0.0955. The number of benzene rings is 1. The van der Waals surface area contributed by atoms with Gasteiger partial charge in [0, 0.05) is 23.3 Å². The van der Waals surface area contributed by atoms with E-state index < -0.39 is 0 Å². The zero-order chi connectivity index (χ0) is 13.9. The van der Waals surface area contributed by atoms with Crippen LogP contribution < -0.4 is 5.32 Å². The van der Waals surface area contributed by atoms with Crippen LogP contribution in [0.5, 0.6) is 0 Å². The van der Waals surface area contributed by atoms with Crippen LogP contribution in [0.1, 0.15) is 38.3 Å². The zero-order valence-electron chi connectivity index (χ0n) is 12.3. The van der Waals surface area contributed by atoms with Gasteiger partial charge in [0.2, 0.25) is 0 Å². The fraction of sp³-hybridized carbons (Fsp3) is 0.529. The molecule has 1 aromatic carbocycles. The molecule has 1 fully saturated rings. The summed E-state index contributed by atoms with van der Waals surface area (Å²) in [6.07, 6.45) is 2.67. The molecule has 0 bridgehead atoms. The van der Waals surface area contributed by atoms with Gasteiger partial charge in [-0.1, -0.05) is 25.1 Å². The minimum Gasteiger partial charge on any atom is -0.378 e. The van der Waals surface area contributed by atoms with Gasteiger partial charge in [0.25, 0.3) is 0 Å². The maximum atomic E-state index is 5.80. The molecule has 1 N–H and O–H groups in total. The minimum atomic E-state index is 0.347. The van der Waals surface area contributed by atoms with Crippen LogP contribution in [0, 0.1) is 5.92 Å². The highest BCUT2D eigenvalue weighted by Gasteiger charge is 2.33. The average Bonchev–Trinajstić information content (AvgIpc) is 3.09. The molecule has 2 nitrogen and oxygen atoms in total. The van der Waals surface area contributed by atoms with Crippen molar-refractivity contribution in [2.24, 2.45) is 5.92 Å². The molecule has 3 heteroatoms. The number of rotatable bonds is 5. The van der Waals surface area contributed by atoms with Crippen molar-refractivity contribution in [3.63, 3.8) is 0 Å². The molecule has 0 spiro atoms. The number of nitrogens with one attached hydrogen (secondary N) is 1. The minimum absolute atomic E-state index is 0.347. The van der Waals surface area contributed by atoms with Crippen molar-refractivity contribution < 1.29 is 4.74 Å². The van der Waals surface area contributed by atoms with Gasteiger partial charge in [0.05, 0.1) is 6.10 Å². The predicted molar refractivity (Wildman–Crippen MR) is 86.4 cm³/mol. The maximum Gasteiger partial charge on any atom is 0.0594 e. The highest BCUT2D eigenvalue weighted by Crippen LogP contribution is 2.38. The largest absolute Gasteiger partial charge is 0.378 e. The fourth-order valence-electron chi connectivity index (χ4n) is 3.24. The Morgan fingerprint density at radius 2 is 2.30 bits per heavy atom. The average molecular weight is 289 g/mol. The summed E-state index contributed by atoms with van der Waals surface area (Å²) in [4.78, 5) is 0. The Bertz CT molecular complexity index is 565. The molecule has 1 aliphatic heterocycles. The number of hydrogen-bond acceptors (Lipinski definition) is 3. The third-order valence-electron chi connectivity index (χ3n) is 4.32. The second kappa shape index (κ2) is 6.25. The van der Waals surface area contributed by atoms with E-state index in [1.807, 2.05) is 11.3 Å². The van der Waals surface area contributed by atoms with Gasteiger partial charge in [0.15, 0.2) is 0 Å². The van der Waals surface area contributed by atoms with Gasteiger partial charge < -0.3 is 10.1 Å². The van der Waals surface area contributed by atoms with Gasteiger partial charge in [-0.25, -0.2) is 0 Å². The lowest BCUT2D eigenvalue weighted by Gasteiger charge is -2.28. The van der Waals surface area contributed by atoms with Crippen molar-refractivity contribution in [2.45, 2.75) is 38.8 Å². The van der Waals surface area contributed by atoms with E-state index in [4.69, 9.17) is 4.74 Å². The molecule has 0 aliphatic carbocycles. The molecule has 1 aromatic heterocycles. The van der Waals surface area contributed by atoms with E-state index in [9.17, 15) is 0 Å². The Balaban J connectivity index is 1.97. The summed E-state index contributed by atoms with van der Waals surface area (Å²) in [6.45, 7) is 6.41. The molecular formula is C17H23NOS.